The number of nitrogens with one attached hydrogen (secondary N) is 1. The molecule has 2 fully saturated rings. The van der Waals surface area contributed by atoms with Gasteiger partial charge in [-0.25, -0.2) is 0 Å². The first-order valence-corrected chi connectivity index (χ1v) is 8.15. The summed E-state index contributed by atoms with van der Waals surface area (Å²) in [5, 5.41) is 3.69. The fraction of sp³-hybridized carbons (Fsp3) is 1.00. The van der Waals surface area contributed by atoms with Crippen LogP contribution in [0.25, 0.3) is 0 Å². The minimum Gasteiger partial charge on any atom is -0.380 e. The van der Waals surface area contributed by atoms with E-state index in [1.54, 1.807) is 0 Å². The van der Waals surface area contributed by atoms with Gasteiger partial charge in [0.2, 0.25) is 0 Å². The van der Waals surface area contributed by atoms with E-state index in [0.29, 0.717) is 18.1 Å². The Morgan fingerprint density at radius 3 is 2.68 bits per heavy atom. The van der Waals surface area contributed by atoms with Crippen LogP contribution in [-0.2, 0) is 9.47 Å². The number of ether oxygens (including phenoxy) is 2. The molecule has 3 heteroatoms. The minimum atomic E-state index is 0.237. The molecule has 1 heterocycles. The van der Waals surface area contributed by atoms with Gasteiger partial charge >= 0.3 is 0 Å². The van der Waals surface area contributed by atoms with Gasteiger partial charge < -0.3 is 14.8 Å². The van der Waals surface area contributed by atoms with Crippen molar-refractivity contribution in [2.45, 2.75) is 76.5 Å². The lowest BCUT2D eigenvalue weighted by atomic mass is 9.69. The van der Waals surface area contributed by atoms with E-state index >= 15 is 0 Å². The number of hydrogen-bond acceptors (Lipinski definition) is 3. The molecule has 3 nitrogen and oxygen atoms in total. The third-order valence-corrected chi connectivity index (χ3v) is 5.02. The lowest BCUT2D eigenvalue weighted by molar-refractivity contribution is -0.152. The first-order valence-electron chi connectivity index (χ1n) is 8.15. The Labute approximate surface area is 118 Å². The third kappa shape index (κ3) is 3.50. The summed E-state index contributed by atoms with van der Waals surface area (Å²) < 4.78 is 11.8. The lowest BCUT2D eigenvalue weighted by Gasteiger charge is -2.49. The van der Waals surface area contributed by atoms with Crippen molar-refractivity contribution in [3.8, 4) is 0 Å². The van der Waals surface area contributed by atoms with E-state index in [-0.39, 0.29) is 5.60 Å². The van der Waals surface area contributed by atoms with Crippen molar-refractivity contribution >= 4 is 0 Å². The fourth-order valence-electron chi connectivity index (χ4n) is 3.86. The SMILES string of the molecule is CCCC(OC)C(NCC)C1CCOC2(CCC2)C1. The summed E-state index contributed by atoms with van der Waals surface area (Å²) >= 11 is 0. The van der Waals surface area contributed by atoms with Crippen LogP contribution in [0.4, 0.5) is 0 Å². The zero-order valence-electron chi connectivity index (χ0n) is 12.9. The van der Waals surface area contributed by atoms with Crippen LogP contribution in [0.15, 0.2) is 0 Å². The van der Waals surface area contributed by atoms with Gasteiger partial charge in [-0.15, -0.1) is 0 Å². The molecule has 1 N–H and O–H groups in total. The van der Waals surface area contributed by atoms with Crippen molar-refractivity contribution in [3.05, 3.63) is 0 Å². The maximum atomic E-state index is 6.06. The van der Waals surface area contributed by atoms with Gasteiger partial charge in [-0.05, 0) is 51.0 Å². The fourth-order valence-corrected chi connectivity index (χ4v) is 3.86. The molecular formula is C16H31NO2. The molecule has 3 unspecified atom stereocenters. The van der Waals surface area contributed by atoms with Crippen molar-refractivity contribution in [2.24, 2.45) is 5.92 Å². The van der Waals surface area contributed by atoms with Crippen molar-refractivity contribution in [1.29, 1.82) is 0 Å². The van der Waals surface area contributed by atoms with Crippen molar-refractivity contribution < 1.29 is 9.47 Å². The average Bonchev–Trinajstić information content (AvgIpc) is 2.41. The third-order valence-electron chi connectivity index (χ3n) is 5.02. The second-order valence-corrected chi connectivity index (χ2v) is 6.28. The predicted molar refractivity (Wildman–Crippen MR) is 78.4 cm³/mol. The summed E-state index contributed by atoms with van der Waals surface area (Å²) in [6.45, 7) is 6.41. The molecule has 0 aromatic rings. The number of methoxy groups -OCH3 is 1. The Bertz CT molecular complexity index is 265. The first-order chi connectivity index (χ1) is 9.24. The largest absolute Gasteiger partial charge is 0.380 e. The van der Waals surface area contributed by atoms with Crippen LogP contribution in [0.5, 0.6) is 0 Å². The Hall–Kier alpha value is -0.120. The monoisotopic (exact) mass is 269 g/mol. The summed E-state index contributed by atoms with van der Waals surface area (Å²) in [4.78, 5) is 0. The first kappa shape index (κ1) is 15.3. The molecule has 0 aromatic heterocycles. The quantitative estimate of drug-likeness (QED) is 0.770. The van der Waals surface area contributed by atoms with Crippen LogP contribution < -0.4 is 5.32 Å². The van der Waals surface area contributed by atoms with Gasteiger partial charge in [-0.3, -0.25) is 0 Å². The second kappa shape index (κ2) is 7.05. The Morgan fingerprint density at radius 2 is 2.16 bits per heavy atom. The van der Waals surface area contributed by atoms with Gasteiger partial charge in [0.1, 0.15) is 0 Å². The summed E-state index contributed by atoms with van der Waals surface area (Å²) in [5.41, 5.74) is 0.237. The van der Waals surface area contributed by atoms with Gasteiger partial charge in [-0.2, -0.15) is 0 Å². The summed E-state index contributed by atoms with van der Waals surface area (Å²) in [7, 11) is 1.86. The van der Waals surface area contributed by atoms with Gasteiger partial charge in [0.15, 0.2) is 0 Å². The normalized spacial score (nSPS) is 28.9. The van der Waals surface area contributed by atoms with E-state index in [1.165, 1.54) is 38.5 Å². The number of hydrogen-bond donors (Lipinski definition) is 1. The Kier molecular flexibility index (Phi) is 5.67. The predicted octanol–water partition coefficient (Wildman–Crippen LogP) is 3.13. The van der Waals surface area contributed by atoms with E-state index < -0.39 is 0 Å². The van der Waals surface area contributed by atoms with E-state index in [0.717, 1.165) is 19.6 Å². The summed E-state index contributed by atoms with van der Waals surface area (Å²) in [6, 6.07) is 0.497. The highest BCUT2D eigenvalue weighted by atomic mass is 16.5. The molecule has 112 valence electrons. The smallest absolute Gasteiger partial charge is 0.0726 e. The van der Waals surface area contributed by atoms with Gasteiger partial charge in [0, 0.05) is 19.8 Å². The zero-order chi connectivity index (χ0) is 13.7. The molecule has 19 heavy (non-hydrogen) atoms. The Morgan fingerprint density at radius 1 is 1.37 bits per heavy atom. The second-order valence-electron chi connectivity index (χ2n) is 6.28. The topological polar surface area (TPSA) is 30.5 Å². The van der Waals surface area contributed by atoms with E-state index in [2.05, 4.69) is 19.2 Å². The molecule has 1 spiro atoms. The molecular weight excluding hydrogens is 238 g/mol. The van der Waals surface area contributed by atoms with Crippen molar-refractivity contribution in [1.82, 2.24) is 5.32 Å². The van der Waals surface area contributed by atoms with Gasteiger partial charge in [0.05, 0.1) is 11.7 Å². The molecule has 0 radical (unpaired) electrons. The maximum absolute atomic E-state index is 6.06. The molecule has 3 atom stereocenters. The van der Waals surface area contributed by atoms with Crippen LogP contribution in [-0.4, -0.2) is 38.0 Å². The van der Waals surface area contributed by atoms with Crippen LogP contribution in [0.1, 0.15) is 58.8 Å². The minimum absolute atomic E-state index is 0.237. The van der Waals surface area contributed by atoms with Crippen molar-refractivity contribution in [2.75, 3.05) is 20.3 Å². The zero-order valence-corrected chi connectivity index (χ0v) is 12.9. The Balaban J connectivity index is 2.00. The van der Waals surface area contributed by atoms with E-state index in [4.69, 9.17) is 9.47 Å². The highest BCUT2D eigenvalue weighted by Gasteiger charge is 2.45. The number of rotatable bonds is 7. The highest BCUT2D eigenvalue weighted by Crippen LogP contribution is 2.45. The van der Waals surface area contributed by atoms with Crippen LogP contribution >= 0.6 is 0 Å². The molecule has 0 amide bonds. The van der Waals surface area contributed by atoms with Gasteiger partial charge in [0.25, 0.3) is 0 Å². The molecule has 1 saturated carbocycles. The molecule has 0 aromatic carbocycles. The molecule has 1 aliphatic carbocycles. The molecule has 1 aliphatic heterocycles. The molecule has 2 rings (SSSR count). The maximum Gasteiger partial charge on any atom is 0.0726 e. The molecule has 1 saturated heterocycles. The van der Waals surface area contributed by atoms with Crippen molar-refractivity contribution in [3.63, 3.8) is 0 Å². The van der Waals surface area contributed by atoms with Crippen LogP contribution in [0, 0.1) is 5.92 Å². The summed E-state index contributed by atoms with van der Waals surface area (Å²) in [5.74, 6) is 0.713. The van der Waals surface area contributed by atoms with E-state index in [1.807, 2.05) is 7.11 Å². The standard InChI is InChI=1S/C16H31NO2/c1-4-7-14(18-3)15(17-5-2)13-8-11-19-16(12-13)9-6-10-16/h13-15,17H,4-12H2,1-3H3. The van der Waals surface area contributed by atoms with Gasteiger partial charge in [-0.1, -0.05) is 20.3 Å². The average molecular weight is 269 g/mol. The number of likely N-dealkylation sites (N-methyl/N-ethyl adjacent to an activating group) is 1. The van der Waals surface area contributed by atoms with E-state index in [9.17, 15) is 0 Å². The summed E-state index contributed by atoms with van der Waals surface area (Å²) in [6.07, 6.45) is 9.00. The molecule has 0 bridgehead atoms. The highest BCUT2D eigenvalue weighted by molar-refractivity contribution is 4.98. The molecule has 2 aliphatic rings. The van der Waals surface area contributed by atoms with Crippen LogP contribution in [0.3, 0.4) is 0 Å². The lowest BCUT2D eigenvalue weighted by Crippen LogP contribution is -2.54. The van der Waals surface area contributed by atoms with Crippen LogP contribution in [0.2, 0.25) is 0 Å².